The van der Waals surface area contributed by atoms with E-state index in [0.29, 0.717) is 11.6 Å². The fourth-order valence-corrected chi connectivity index (χ4v) is 2.97. The SMILES string of the molecule is CCCn1c(CC(C)C)c(N)c(=O)n1-c1ccccc1Br. The van der Waals surface area contributed by atoms with Gasteiger partial charge in [-0.25, -0.2) is 4.68 Å². The Labute approximate surface area is 133 Å². The highest BCUT2D eigenvalue weighted by molar-refractivity contribution is 9.10. The number of nitrogens with zero attached hydrogens (tertiary/aromatic N) is 2. The van der Waals surface area contributed by atoms with Gasteiger partial charge in [0.05, 0.1) is 11.4 Å². The Bertz CT molecular complexity index is 685. The molecule has 0 aliphatic heterocycles. The zero-order valence-electron chi connectivity index (χ0n) is 12.8. The third-order valence-electron chi connectivity index (χ3n) is 3.40. The third-order valence-corrected chi connectivity index (χ3v) is 4.07. The van der Waals surface area contributed by atoms with Gasteiger partial charge in [-0.1, -0.05) is 32.9 Å². The number of para-hydroxylation sites is 1. The van der Waals surface area contributed by atoms with Crippen molar-refractivity contribution in [2.45, 2.75) is 40.2 Å². The summed E-state index contributed by atoms with van der Waals surface area (Å²) in [6.07, 6.45) is 1.75. The zero-order chi connectivity index (χ0) is 15.6. The van der Waals surface area contributed by atoms with E-state index in [1.54, 1.807) is 4.68 Å². The van der Waals surface area contributed by atoms with Crippen LogP contribution in [0.15, 0.2) is 33.5 Å². The first kappa shape index (κ1) is 15.9. The summed E-state index contributed by atoms with van der Waals surface area (Å²) in [7, 11) is 0. The largest absolute Gasteiger partial charge is 0.393 e. The highest BCUT2D eigenvalue weighted by Gasteiger charge is 2.20. The second-order valence-electron chi connectivity index (χ2n) is 5.65. The Morgan fingerprint density at radius 3 is 2.52 bits per heavy atom. The molecule has 2 rings (SSSR count). The molecule has 2 N–H and O–H groups in total. The maximum atomic E-state index is 12.6. The molecule has 1 heterocycles. The van der Waals surface area contributed by atoms with E-state index in [0.717, 1.165) is 35.2 Å². The first-order chi connectivity index (χ1) is 9.97. The molecule has 0 radical (unpaired) electrons. The molecule has 0 unspecified atom stereocenters. The lowest BCUT2D eigenvalue weighted by molar-refractivity contribution is 0.493. The number of rotatable bonds is 5. The van der Waals surface area contributed by atoms with Crippen molar-refractivity contribution in [2.24, 2.45) is 5.92 Å². The smallest absolute Gasteiger partial charge is 0.294 e. The average Bonchev–Trinajstić information content (AvgIpc) is 2.65. The molecule has 0 bridgehead atoms. The second-order valence-corrected chi connectivity index (χ2v) is 6.50. The van der Waals surface area contributed by atoms with Crippen molar-refractivity contribution in [3.05, 3.63) is 44.8 Å². The number of aromatic nitrogens is 2. The first-order valence-corrected chi connectivity index (χ1v) is 8.11. The number of anilines is 1. The molecule has 0 aliphatic rings. The molecule has 0 spiro atoms. The van der Waals surface area contributed by atoms with Crippen LogP contribution in [-0.4, -0.2) is 9.36 Å². The molecule has 4 nitrogen and oxygen atoms in total. The standard InChI is InChI=1S/C16H22BrN3O/c1-4-9-19-14(10-11(2)3)15(18)16(21)20(19)13-8-6-5-7-12(13)17/h5-8,11H,4,9-10,18H2,1-3H3. The summed E-state index contributed by atoms with van der Waals surface area (Å²) in [5.74, 6) is 0.449. The lowest BCUT2D eigenvalue weighted by Crippen LogP contribution is -2.23. The van der Waals surface area contributed by atoms with Crippen LogP contribution in [0.4, 0.5) is 5.69 Å². The molecule has 0 saturated carbocycles. The Hall–Kier alpha value is -1.49. The average molecular weight is 352 g/mol. The minimum absolute atomic E-state index is 0.133. The van der Waals surface area contributed by atoms with Gasteiger partial charge in [0, 0.05) is 11.0 Å². The molecule has 0 fully saturated rings. The van der Waals surface area contributed by atoms with Gasteiger partial charge in [-0.3, -0.25) is 9.48 Å². The van der Waals surface area contributed by atoms with Gasteiger partial charge in [-0.2, -0.15) is 0 Å². The fraction of sp³-hybridized carbons (Fsp3) is 0.438. The number of hydrogen-bond acceptors (Lipinski definition) is 2. The van der Waals surface area contributed by atoms with Gasteiger partial charge in [0.1, 0.15) is 5.69 Å². The predicted molar refractivity (Wildman–Crippen MR) is 91.0 cm³/mol. The lowest BCUT2D eigenvalue weighted by atomic mass is 10.1. The third kappa shape index (κ3) is 3.07. The number of hydrogen-bond donors (Lipinski definition) is 1. The molecular formula is C16H22BrN3O. The summed E-state index contributed by atoms with van der Waals surface area (Å²) in [5.41, 5.74) is 8.10. The maximum absolute atomic E-state index is 12.6. The van der Waals surface area contributed by atoms with E-state index in [1.165, 1.54) is 0 Å². The van der Waals surface area contributed by atoms with Gasteiger partial charge in [-0.15, -0.1) is 0 Å². The van der Waals surface area contributed by atoms with Crippen molar-refractivity contribution in [3.8, 4) is 5.69 Å². The van der Waals surface area contributed by atoms with Crippen molar-refractivity contribution in [3.63, 3.8) is 0 Å². The molecule has 0 atom stereocenters. The van der Waals surface area contributed by atoms with Crippen molar-refractivity contribution < 1.29 is 0 Å². The van der Waals surface area contributed by atoms with E-state index >= 15 is 0 Å². The van der Waals surface area contributed by atoms with E-state index in [1.807, 2.05) is 28.9 Å². The summed E-state index contributed by atoms with van der Waals surface area (Å²) in [4.78, 5) is 12.6. The van der Waals surface area contributed by atoms with Crippen molar-refractivity contribution in [1.82, 2.24) is 9.36 Å². The van der Waals surface area contributed by atoms with E-state index in [4.69, 9.17) is 5.73 Å². The van der Waals surface area contributed by atoms with Crippen LogP contribution in [-0.2, 0) is 13.0 Å². The summed E-state index contributed by atoms with van der Waals surface area (Å²) in [6, 6.07) is 7.72. The molecule has 0 aliphatic carbocycles. The van der Waals surface area contributed by atoms with Gasteiger partial charge >= 0.3 is 0 Å². The van der Waals surface area contributed by atoms with Crippen LogP contribution in [0.25, 0.3) is 5.69 Å². The Morgan fingerprint density at radius 2 is 1.95 bits per heavy atom. The predicted octanol–water partition coefficient (Wildman–Crippen LogP) is 3.59. The van der Waals surface area contributed by atoms with E-state index in [-0.39, 0.29) is 5.56 Å². The molecule has 5 heteroatoms. The van der Waals surface area contributed by atoms with Crippen LogP contribution in [0, 0.1) is 5.92 Å². The van der Waals surface area contributed by atoms with Gasteiger partial charge in [0.2, 0.25) is 0 Å². The molecule has 2 aromatic rings. The van der Waals surface area contributed by atoms with Gasteiger partial charge < -0.3 is 5.73 Å². The lowest BCUT2D eigenvalue weighted by Gasteiger charge is -2.16. The normalized spacial score (nSPS) is 11.3. The van der Waals surface area contributed by atoms with E-state index < -0.39 is 0 Å². The minimum Gasteiger partial charge on any atom is -0.393 e. The molecule has 0 amide bonds. The van der Waals surface area contributed by atoms with Gasteiger partial charge in [0.25, 0.3) is 5.56 Å². The van der Waals surface area contributed by atoms with Gasteiger partial charge in [0.15, 0.2) is 0 Å². The molecule has 21 heavy (non-hydrogen) atoms. The number of halogens is 1. The highest BCUT2D eigenvalue weighted by Crippen LogP contribution is 2.23. The summed E-state index contributed by atoms with van der Waals surface area (Å²) >= 11 is 3.52. The highest BCUT2D eigenvalue weighted by atomic mass is 79.9. The van der Waals surface area contributed by atoms with E-state index in [2.05, 4.69) is 36.7 Å². The van der Waals surface area contributed by atoms with Crippen LogP contribution in [0.5, 0.6) is 0 Å². The number of benzene rings is 1. The zero-order valence-corrected chi connectivity index (χ0v) is 14.4. The van der Waals surface area contributed by atoms with Crippen molar-refractivity contribution in [2.75, 3.05) is 5.73 Å². The molecular weight excluding hydrogens is 330 g/mol. The van der Waals surface area contributed by atoms with Crippen molar-refractivity contribution >= 4 is 21.6 Å². The molecule has 1 aromatic carbocycles. The Kier molecular flexibility index (Phi) is 4.93. The quantitative estimate of drug-likeness (QED) is 0.894. The molecule has 1 aromatic heterocycles. The topological polar surface area (TPSA) is 52.9 Å². The van der Waals surface area contributed by atoms with Crippen LogP contribution in [0.1, 0.15) is 32.9 Å². The number of nitrogen functional groups attached to an aromatic ring is 1. The molecule has 114 valence electrons. The first-order valence-electron chi connectivity index (χ1n) is 7.32. The fourth-order valence-electron chi connectivity index (χ4n) is 2.52. The van der Waals surface area contributed by atoms with Crippen LogP contribution >= 0.6 is 15.9 Å². The maximum Gasteiger partial charge on any atom is 0.294 e. The van der Waals surface area contributed by atoms with Crippen LogP contribution < -0.4 is 11.3 Å². The second kappa shape index (κ2) is 6.52. The minimum atomic E-state index is -0.133. The van der Waals surface area contributed by atoms with Crippen LogP contribution in [0.2, 0.25) is 0 Å². The van der Waals surface area contributed by atoms with Gasteiger partial charge in [-0.05, 0) is 46.8 Å². The summed E-state index contributed by atoms with van der Waals surface area (Å²) in [5, 5.41) is 0. The van der Waals surface area contributed by atoms with E-state index in [9.17, 15) is 4.79 Å². The Morgan fingerprint density at radius 1 is 1.29 bits per heavy atom. The summed E-state index contributed by atoms with van der Waals surface area (Å²) < 4.78 is 4.61. The van der Waals surface area contributed by atoms with Crippen LogP contribution in [0.3, 0.4) is 0 Å². The monoisotopic (exact) mass is 351 g/mol. The Balaban J connectivity index is 2.71. The summed E-state index contributed by atoms with van der Waals surface area (Å²) in [6.45, 7) is 7.14. The molecule has 0 saturated heterocycles. The van der Waals surface area contributed by atoms with Crippen molar-refractivity contribution in [1.29, 1.82) is 0 Å². The number of nitrogens with two attached hydrogens (primary N) is 1.